The minimum Gasteiger partial charge on any atom is -0.289 e. The Bertz CT molecular complexity index is 1250. The van der Waals surface area contributed by atoms with Gasteiger partial charge in [0.05, 0.1) is 4.90 Å². The molecule has 0 unspecified atom stereocenters. The Kier molecular flexibility index (Phi) is 5.60. The van der Waals surface area contributed by atoms with Gasteiger partial charge in [0.2, 0.25) is 10.0 Å². The molecule has 1 aliphatic carbocycles. The third kappa shape index (κ3) is 3.71. The molecular weight excluding hydrogens is 418 g/mol. The normalized spacial score (nSPS) is 13.1. The number of carbonyl (C=O) groups is 2. The lowest BCUT2D eigenvalue weighted by molar-refractivity contribution is 0.0977. The zero-order valence-corrected chi connectivity index (χ0v) is 17.8. The molecule has 3 aromatic carbocycles. The Morgan fingerprint density at radius 2 is 1.43 bits per heavy atom. The summed E-state index contributed by atoms with van der Waals surface area (Å²) in [4.78, 5) is 27.6. The van der Waals surface area contributed by atoms with E-state index in [4.69, 9.17) is 0 Å². The van der Waals surface area contributed by atoms with Crippen LogP contribution in [-0.4, -0.2) is 26.5 Å². The highest BCUT2D eigenvalue weighted by molar-refractivity contribution is 7.99. The van der Waals surface area contributed by atoms with E-state index < -0.39 is 10.0 Å². The van der Waals surface area contributed by atoms with Crippen LogP contribution in [0.2, 0.25) is 0 Å². The van der Waals surface area contributed by atoms with Crippen LogP contribution in [0.1, 0.15) is 45.2 Å². The molecule has 0 fully saturated rings. The Morgan fingerprint density at radius 1 is 0.800 bits per heavy atom. The van der Waals surface area contributed by atoms with Crippen molar-refractivity contribution in [3.63, 3.8) is 0 Å². The number of hydrogen-bond acceptors (Lipinski definition) is 5. The van der Waals surface area contributed by atoms with Crippen molar-refractivity contribution >= 4 is 33.4 Å². The van der Waals surface area contributed by atoms with Gasteiger partial charge in [0.25, 0.3) is 0 Å². The molecule has 0 saturated carbocycles. The van der Waals surface area contributed by atoms with Gasteiger partial charge in [-0.05, 0) is 36.8 Å². The summed E-state index contributed by atoms with van der Waals surface area (Å²) in [6, 6.07) is 18.5. The van der Waals surface area contributed by atoms with Crippen LogP contribution in [0.25, 0.3) is 0 Å². The van der Waals surface area contributed by atoms with Crippen molar-refractivity contribution in [3.05, 3.63) is 89.0 Å². The SMILES string of the molecule is CCCNS(=O)(=O)c1ccc(Sc2cccc3c2C(=O)c2ccccc2C3=O)cc1. The number of sulfonamides is 1. The molecule has 152 valence electrons. The van der Waals surface area contributed by atoms with E-state index >= 15 is 0 Å². The van der Waals surface area contributed by atoms with Gasteiger partial charge in [-0.2, -0.15) is 0 Å². The van der Waals surface area contributed by atoms with E-state index in [-0.39, 0.29) is 16.5 Å². The van der Waals surface area contributed by atoms with E-state index in [0.29, 0.717) is 40.1 Å². The average molecular weight is 438 g/mol. The Hall–Kier alpha value is -2.74. The maximum absolute atomic E-state index is 13.1. The summed E-state index contributed by atoms with van der Waals surface area (Å²) in [6.45, 7) is 2.28. The Morgan fingerprint density at radius 3 is 2.10 bits per heavy atom. The Balaban J connectivity index is 1.66. The molecule has 1 N–H and O–H groups in total. The van der Waals surface area contributed by atoms with Crippen molar-refractivity contribution in [2.75, 3.05) is 6.54 Å². The van der Waals surface area contributed by atoms with Crippen LogP contribution in [0.3, 0.4) is 0 Å². The van der Waals surface area contributed by atoms with Gasteiger partial charge < -0.3 is 0 Å². The average Bonchev–Trinajstić information content (AvgIpc) is 2.76. The predicted octanol–water partition coefficient (Wildman–Crippen LogP) is 4.30. The van der Waals surface area contributed by atoms with E-state index in [0.717, 1.165) is 4.90 Å². The van der Waals surface area contributed by atoms with E-state index in [1.807, 2.05) is 6.92 Å². The molecule has 0 aromatic heterocycles. The molecule has 0 spiro atoms. The summed E-state index contributed by atoms with van der Waals surface area (Å²) in [5.74, 6) is -0.336. The Labute approximate surface area is 179 Å². The van der Waals surface area contributed by atoms with Crippen molar-refractivity contribution in [2.45, 2.75) is 28.0 Å². The molecule has 0 saturated heterocycles. The maximum atomic E-state index is 13.1. The summed E-state index contributed by atoms with van der Waals surface area (Å²) in [7, 11) is -3.53. The number of carbonyl (C=O) groups excluding carboxylic acids is 2. The third-order valence-electron chi connectivity index (χ3n) is 4.82. The van der Waals surface area contributed by atoms with Gasteiger partial charge >= 0.3 is 0 Å². The van der Waals surface area contributed by atoms with Crippen LogP contribution in [-0.2, 0) is 10.0 Å². The molecule has 0 atom stereocenters. The quantitative estimate of drug-likeness (QED) is 0.486. The zero-order chi connectivity index (χ0) is 21.3. The van der Waals surface area contributed by atoms with Crippen LogP contribution >= 0.6 is 11.8 Å². The molecule has 0 radical (unpaired) electrons. The lowest BCUT2D eigenvalue weighted by Gasteiger charge is -2.19. The van der Waals surface area contributed by atoms with E-state index in [2.05, 4.69) is 4.72 Å². The summed E-state index contributed by atoms with van der Waals surface area (Å²) < 4.78 is 27.0. The number of ketones is 2. The predicted molar refractivity (Wildman–Crippen MR) is 116 cm³/mol. The fourth-order valence-electron chi connectivity index (χ4n) is 3.33. The van der Waals surface area contributed by atoms with Gasteiger partial charge in [0.15, 0.2) is 11.6 Å². The number of hydrogen-bond donors (Lipinski definition) is 1. The monoisotopic (exact) mass is 437 g/mol. The van der Waals surface area contributed by atoms with Gasteiger partial charge in [-0.1, -0.05) is 55.1 Å². The fraction of sp³-hybridized carbons (Fsp3) is 0.130. The summed E-state index contributed by atoms with van der Waals surface area (Å²) >= 11 is 1.33. The first-order chi connectivity index (χ1) is 14.4. The van der Waals surface area contributed by atoms with Crippen LogP contribution in [0.5, 0.6) is 0 Å². The third-order valence-corrected chi connectivity index (χ3v) is 7.36. The van der Waals surface area contributed by atoms with Crippen LogP contribution in [0.4, 0.5) is 0 Å². The lowest BCUT2D eigenvalue weighted by Crippen LogP contribution is -2.24. The van der Waals surface area contributed by atoms with Gasteiger partial charge in [-0.25, -0.2) is 13.1 Å². The number of nitrogens with one attached hydrogen (secondary N) is 1. The van der Waals surface area contributed by atoms with Crippen molar-refractivity contribution in [3.8, 4) is 0 Å². The van der Waals surface area contributed by atoms with Crippen molar-refractivity contribution in [1.29, 1.82) is 0 Å². The van der Waals surface area contributed by atoms with Crippen molar-refractivity contribution in [2.24, 2.45) is 0 Å². The first-order valence-corrected chi connectivity index (χ1v) is 11.8. The van der Waals surface area contributed by atoms with Crippen LogP contribution in [0.15, 0.2) is 81.4 Å². The molecule has 30 heavy (non-hydrogen) atoms. The highest BCUT2D eigenvalue weighted by Gasteiger charge is 2.31. The van der Waals surface area contributed by atoms with Crippen LogP contribution < -0.4 is 4.72 Å². The molecule has 0 aliphatic heterocycles. The molecule has 0 heterocycles. The molecular formula is C23H19NO4S2. The minimum atomic E-state index is -3.53. The van der Waals surface area contributed by atoms with E-state index in [1.54, 1.807) is 54.6 Å². The highest BCUT2D eigenvalue weighted by atomic mass is 32.2. The van der Waals surface area contributed by atoms with Crippen molar-refractivity contribution in [1.82, 2.24) is 4.72 Å². The summed E-state index contributed by atoms with van der Waals surface area (Å²) in [6.07, 6.45) is 0.710. The van der Waals surface area contributed by atoms with Gasteiger partial charge in [0, 0.05) is 38.6 Å². The molecule has 1 aliphatic rings. The molecule has 0 amide bonds. The highest BCUT2D eigenvalue weighted by Crippen LogP contribution is 2.37. The fourth-order valence-corrected chi connectivity index (χ4v) is 5.44. The first-order valence-electron chi connectivity index (χ1n) is 9.51. The molecule has 0 bridgehead atoms. The van der Waals surface area contributed by atoms with E-state index in [9.17, 15) is 18.0 Å². The lowest BCUT2D eigenvalue weighted by atomic mass is 9.84. The second-order valence-corrected chi connectivity index (χ2v) is 9.74. The number of benzene rings is 3. The molecule has 5 nitrogen and oxygen atoms in total. The summed E-state index contributed by atoms with van der Waals surface area (Å²) in [5, 5.41) is 0. The molecule has 7 heteroatoms. The zero-order valence-electron chi connectivity index (χ0n) is 16.2. The van der Waals surface area contributed by atoms with Gasteiger partial charge in [-0.15, -0.1) is 0 Å². The number of rotatable bonds is 6. The van der Waals surface area contributed by atoms with Gasteiger partial charge in [0.1, 0.15) is 0 Å². The second kappa shape index (κ2) is 8.18. The topological polar surface area (TPSA) is 80.3 Å². The smallest absolute Gasteiger partial charge is 0.240 e. The molecule has 4 rings (SSSR count). The van der Waals surface area contributed by atoms with Gasteiger partial charge in [-0.3, -0.25) is 9.59 Å². The van der Waals surface area contributed by atoms with Crippen LogP contribution in [0, 0.1) is 0 Å². The molecule has 3 aromatic rings. The first kappa shape index (κ1) is 20.5. The minimum absolute atomic E-state index is 0.161. The maximum Gasteiger partial charge on any atom is 0.240 e. The largest absolute Gasteiger partial charge is 0.289 e. The van der Waals surface area contributed by atoms with Crippen molar-refractivity contribution < 1.29 is 18.0 Å². The standard InChI is InChI=1S/C23H19NO4S2/c1-2-14-24-30(27,28)16-12-10-15(11-13-16)29-20-9-5-8-19-21(20)23(26)18-7-4-3-6-17(18)22(19)25/h3-13,24H,2,14H2,1H3. The van der Waals surface area contributed by atoms with E-state index in [1.165, 1.54) is 23.9 Å². The number of fused-ring (bicyclic) bond motifs is 2. The summed E-state index contributed by atoms with van der Waals surface area (Å²) in [5.41, 5.74) is 1.62. The second-order valence-electron chi connectivity index (χ2n) is 6.85.